The van der Waals surface area contributed by atoms with E-state index in [2.05, 4.69) is 20.3 Å². The average molecular weight is 260 g/mol. The molecule has 0 radical (unpaired) electrons. The quantitative estimate of drug-likeness (QED) is 0.890. The molecular formula is C13H16N4O2. The maximum Gasteiger partial charge on any atom is 0.330 e. The van der Waals surface area contributed by atoms with Crippen LogP contribution in [0.3, 0.4) is 0 Å². The number of methoxy groups -OCH3 is 1. The zero-order valence-corrected chi connectivity index (χ0v) is 11.2. The van der Waals surface area contributed by atoms with Crippen molar-refractivity contribution in [3.8, 4) is 17.8 Å². The number of nitrogens with zero attached hydrogens (tertiary/aromatic N) is 3. The zero-order valence-electron chi connectivity index (χ0n) is 11.2. The fraction of sp³-hybridized carbons (Fsp3) is 0.308. The third kappa shape index (κ3) is 3.54. The van der Waals surface area contributed by atoms with Crippen LogP contribution in [0.15, 0.2) is 24.3 Å². The molecule has 0 saturated carbocycles. The first-order valence-electron chi connectivity index (χ1n) is 5.99. The highest BCUT2D eigenvalue weighted by molar-refractivity contribution is 5.32. The van der Waals surface area contributed by atoms with E-state index in [0.717, 1.165) is 5.56 Å². The minimum absolute atomic E-state index is 0.202. The summed E-state index contributed by atoms with van der Waals surface area (Å²) < 4.78 is 10.6. The van der Waals surface area contributed by atoms with Gasteiger partial charge in [-0.1, -0.05) is 12.1 Å². The highest BCUT2D eigenvalue weighted by atomic mass is 16.5. The van der Waals surface area contributed by atoms with Crippen LogP contribution in [0.4, 0.5) is 5.95 Å². The Morgan fingerprint density at radius 1 is 1.16 bits per heavy atom. The van der Waals surface area contributed by atoms with Crippen LogP contribution in [-0.2, 0) is 0 Å². The number of rotatable bonds is 5. The molecule has 6 heteroatoms. The second-order valence-corrected chi connectivity index (χ2v) is 3.88. The van der Waals surface area contributed by atoms with Gasteiger partial charge in [-0.15, -0.1) is 4.98 Å². The molecule has 0 spiro atoms. The maximum atomic E-state index is 5.61. The maximum absolute atomic E-state index is 5.61. The zero-order chi connectivity index (χ0) is 13.7. The second kappa shape index (κ2) is 5.99. The van der Waals surface area contributed by atoms with Gasteiger partial charge in [-0.3, -0.25) is 0 Å². The molecule has 0 aliphatic heterocycles. The number of ether oxygens (including phenoxy) is 2. The van der Waals surface area contributed by atoms with E-state index in [1.807, 2.05) is 38.1 Å². The van der Waals surface area contributed by atoms with E-state index in [0.29, 0.717) is 18.2 Å². The Morgan fingerprint density at radius 3 is 2.63 bits per heavy atom. The van der Waals surface area contributed by atoms with Crippen LogP contribution in [0.25, 0.3) is 0 Å². The van der Waals surface area contributed by atoms with E-state index in [1.165, 1.54) is 7.11 Å². The third-order valence-electron chi connectivity index (χ3n) is 2.31. The lowest BCUT2D eigenvalue weighted by Crippen LogP contribution is -2.06. The van der Waals surface area contributed by atoms with Gasteiger partial charge in [0.05, 0.1) is 7.11 Å². The van der Waals surface area contributed by atoms with Crippen LogP contribution in [-0.4, -0.2) is 28.6 Å². The first-order chi connectivity index (χ1) is 9.21. The summed E-state index contributed by atoms with van der Waals surface area (Å²) >= 11 is 0. The van der Waals surface area contributed by atoms with Crippen LogP contribution >= 0.6 is 0 Å². The number of aromatic nitrogens is 3. The molecule has 1 aromatic carbocycles. The van der Waals surface area contributed by atoms with Crippen molar-refractivity contribution < 1.29 is 9.47 Å². The Balaban J connectivity index is 2.26. The van der Waals surface area contributed by atoms with Gasteiger partial charge in [-0.05, 0) is 31.5 Å². The Hall–Kier alpha value is -2.37. The summed E-state index contributed by atoms with van der Waals surface area (Å²) in [6, 6.07) is 8.07. The molecule has 0 amide bonds. The predicted octanol–water partition coefficient (Wildman–Crippen LogP) is 2.41. The summed E-state index contributed by atoms with van der Waals surface area (Å²) in [6.45, 7) is 4.65. The number of hydrogen-bond donors (Lipinski definition) is 1. The number of nitrogens with one attached hydrogen (secondary N) is 1. The molecule has 0 aliphatic rings. The summed E-state index contributed by atoms with van der Waals surface area (Å²) in [6.07, 6.45) is 0. The van der Waals surface area contributed by atoms with Crippen LogP contribution < -0.4 is 14.8 Å². The lowest BCUT2D eigenvalue weighted by Gasteiger charge is -2.08. The molecular weight excluding hydrogens is 244 g/mol. The second-order valence-electron chi connectivity index (χ2n) is 3.88. The standard InChI is InChI=1S/C13H16N4O2/c1-4-14-11-15-12(18-3)17-13(16-11)19-10-7-5-6-9(2)8-10/h5-8H,4H2,1-3H3,(H,14,15,16,17). The molecule has 0 fully saturated rings. The van der Waals surface area contributed by atoms with Crippen molar-refractivity contribution in [2.75, 3.05) is 19.0 Å². The lowest BCUT2D eigenvalue weighted by atomic mass is 10.2. The van der Waals surface area contributed by atoms with Crippen molar-refractivity contribution in [2.45, 2.75) is 13.8 Å². The first-order valence-corrected chi connectivity index (χ1v) is 5.99. The predicted molar refractivity (Wildman–Crippen MR) is 71.8 cm³/mol. The number of anilines is 1. The molecule has 100 valence electrons. The summed E-state index contributed by atoms with van der Waals surface area (Å²) in [5.74, 6) is 1.10. The molecule has 19 heavy (non-hydrogen) atoms. The van der Waals surface area contributed by atoms with E-state index in [4.69, 9.17) is 9.47 Å². The summed E-state index contributed by atoms with van der Waals surface area (Å²) in [5.41, 5.74) is 1.10. The van der Waals surface area contributed by atoms with Gasteiger partial charge in [0.1, 0.15) is 5.75 Å². The largest absolute Gasteiger partial charge is 0.467 e. The lowest BCUT2D eigenvalue weighted by molar-refractivity contribution is 0.360. The number of aryl methyl sites for hydroxylation is 1. The van der Waals surface area contributed by atoms with Gasteiger partial charge in [-0.25, -0.2) is 0 Å². The van der Waals surface area contributed by atoms with Gasteiger partial charge < -0.3 is 14.8 Å². The van der Waals surface area contributed by atoms with Crippen molar-refractivity contribution >= 4 is 5.95 Å². The van der Waals surface area contributed by atoms with Gasteiger partial charge in [-0.2, -0.15) is 9.97 Å². The van der Waals surface area contributed by atoms with Crippen molar-refractivity contribution in [1.82, 2.24) is 15.0 Å². The van der Waals surface area contributed by atoms with E-state index in [9.17, 15) is 0 Å². The molecule has 0 aliphatic carbocycles. The van der Waals surface area contributed by atoms with E-state index in [1.54, 1.807) is 0 Å². The SMILES string of the molecule is CCNc1nc(OC)nc(Oc2cccc(C)c2)n1. The molecule has 2 rings (SSSR count). The molecule has 2 aromatic rings. The van der Waals surface area contributed by atoms with Crippen LogP contribution in [0.1, 0.15) is 12.5 Å². The molecule has 0 unspecified atom stereocenters. The third-order valence-corrected chi connectivity index (χ3v) is 2.31. The Kier molecular flexibility index (Phi) is 4.12. The Morgan fingerprint density at radius 2 is 1.95 bits per heavy atom. The molecule has 0 saturated heterocycles. The monoisotopic (exact) mass is 260 g/mol. The van der Waals surface area contributed by atoms with Crippen molar-refractivity contribution in [3.05, 3.63) is 29.8 Å². The molecule has 1 heterocycles. The minimum Gasteiger partial charge on any atom is -0.467 e. The average Bonchev–Trinajstić information content (AvgIpc) is 2.39. The topological polar surface area (TPSA) is 69.2 Å². The van der Waals surface area contributed by atoms with E-state index < -0.39 is 0 Å². The fourth-order valence-corrected chi connectivity index (χ4v) is 1.50. The molecule has 1 N–H and O–H groups in total. The molecule has 6 nitrogen and oxygen atoms in total. The molecule has 0 atom stereocenters. The highest BCUT2D eigenvalue weighted by Crippen LogP contribution is 2.21. The van der Waals surface area contributed by atoms with Crippen LogP contribution in [0.2, 0.25) is 0 Å². The van der Waals surface area contributed by atoms with Gasteiger partial charge in [0.15, 0.2) is 0 Å². The van der Waals surface area contributed by atoms with Crippen molar-refractivity contribution in [1.29, 1.82) is 0 Å². The fourth-order valence-electron chi connectivity index (χ4n) is 1.50. The summed E-state index contributed by atoms with van der Waals surface area (Å²) in [7, 11) is 1.50. The minimum atomic E-state index is 0.202. The molecule has 1 aromatic heterocycles. The molecule has 0 bridgehead atoms. The first kappa shape index (κ1) is 13.1. The smallest absolute Gasteiger partial charge is 0.330 e. The summed E-state index contributed by atoms with van der Waals surface area (Å²) in [5, 5.41) is 3.00. The van der Waals surface area contributed by atoms with Gasteiger partial charge in [0, 0.05) is 6.54 Å². The Labute approximate surface area is 111 Å². The Bertz CT molecular complexity index is 560. The van der Waals surface area contributed by atoms with Crippen molar-refractivity contribution in [3.63, 3.8) is 0 Å². The van der Waals surface area contributed by atoms with Crippen LogP contribution in [0.5, 0.6) is 17.8 Å². The summed E-state index contributed by atoms with van der Waals surface area (Å²) in [4.78, 5) is 12.3. The van der Waals surface area contributed by atoms with E-state index in [-0.39, 0.29) is 12.0 Å². The number of benzene rings is 1. The van der Waals surface area contributed by atoms with Gasteiger partial charge in [0.2, 0.25) is 5.95 Å². The van der Waals surface area contributed by atoms with Crippen molar-refractivity contribution in [2.24, 2.45) is 0 Å². The number of hydrogen-bond acceptors (Lipinski definition) is 6. The van der Waals surface area contributed by atoms with Gasteiger partial charge >= 0.3 is 12.0 Å². The van der Waals surface area contributed by atoms with Gasteiger partial charge in [0.25, 0.3) is 0 Å². The normalized spacial score (nSPS) is 10.1. The van der Waals surface area contributed by atoms with Crippen LogP contribution in [0, 0.1) is 6.92 Å². The van der Waals surface area contributed by atoms with E-state index >= 15 is 0 Å². The highest BCUT2D eigenvalue weighted by Gasteiger charge is 2.08.